The van der Waals surface area contributed by atoms with Crippen molar-refractivity contribution in [1.29, 1.82) is 0 Å². The normalized spacial score (nSPS) is 27.1. The molecule has 0 bridgehead atoms. The van der Waals surface area contributed by atoms with Crippen molar-refractivity contribution in [2.75, 3.05) is 0 Å². The van der Waals surface area contributed by atoms with E-state index < -0.39 is 30.2 Å². The molecule has 152 valence electrons. The van der Waals surface area contributed by atoms with E-state index in [2.05, 4.69) is 20.8 Å². The number of aliphatic hydroxyl groups excluding tert-OH is 1. The zero-order valence-corrected chi connectivity index (χ0v) is 19.0. The van der Waals surface area contributed by atoms with Crippen molar-refractivity contribution in [3.05, 3.63) is 41.3 Å². The Hall–Kier alpha value is -0.953. The molecule has 0 saturated heterocycles. The summed E-state index contributed by atoms with van der Waals surface area (Å²) in [6.07, 6.45) is 1.43. The number of benzene rings is 1. The number of hydrogen-bond acceptors (Lipinski definition) is 4. The van der Waals surface area contributed by atoms with Crippen LogP contribution in [0.5, 0.6) is 0 Å². The summed E-state index contributed by atoms with van der Waals surface area (Å²) in [6.45, 7) is 10.3. The molecule has 0 aliphatic heterocycles. The molecule has 0 saturated carbocycles. The highest BCUT2D eigenvalue weighted by molar-refractivity contribution is 7.95. The first kappa shape index (κ1) is 22.3. The summed E-state index contributed by atoms with van der Waals surface area (Å²) in [5.41, 5.74) is 0. The van der Waals surface area contributed by atoms with Crippen LogP contribution in [0, 0.1) is 11.8 Å². The molecule has 0 heterocycles. The maximum Gasteiger partial charge on any atom is 0.202 e. The van der Waals surface area contributed by atoms with Crippen molar-refractivity contribution in [3.8, 4) is 0 Å². The van der Waals surface area contributed by atoms with E-state index in [-0.39, 0.29) is 16.9 Å². The molecule has 4 atom stereocenters. The second-order valence-electron chi connectivity index (χ2n) is 7.70. The van der Waals surface area contributed by atoms with E-state index in [0.29, 0.717) is 11.3 Å². The highest BCUT2D eigenvalue weighted by Gasteiger charge is 2.41. The number of sulfone groups is 1. The van der Waals surface area contributed by atoms with E-state index in [1.54, 1.807) is 43.3 Å². The van der Waals surface area contributed by atoms with E-state index in [1.807, 2.05) is 6.92 Å². The SMILES string of the molecule is CC[Si](CC)(CC)O[C@@H]1CC=C(S(=O)(=O)c2ccccc2)[C@@H](C)[C@@H](O)[C@@H]1C. The summed E-state index contributed by atoms with van der Waals surface area (Å²) in [6, 6.07) is 11.6. The average Bonchev–Trinajstić information content (AvgIpc) is 2.79. The Morgan fingerprint density at radius 3 is 2.15 bits per heavy atom. The summed E-state index contributed by atoms with van der Waals surface area (Å²) in [5, 5.41) is 10.9. The maximum atomic E-state index is 13.2. The van der Waals surface area contributed by atoms with Crippen LogP contribution in [0.1, 0.15) is 41.0 Å². The summed E-state index contributed by atoms with van der Waals surface area (Å²) < 4.78 is 32.9. The van der Waals surface area contributed by atoms with Crippen LogP contribution in [-0.2, 0) is 14.3 Å². The summed E-state index contributed by atoms with van der Waals surface area (Å²) >= 11 is 0. The van der Waals surface area contributed by atoms with E-state index >= 15 is 0 Å². The lowest BCUT2D eigenvalue weighted by molar-refractivity contribution is 0.0159. The second kappa shape index (κ2) is 9.03. The largest absolute Gasteiger partial charge is 0.413 e. The first-order valence-corrected chi connectivity index (χ1v) is 14.1. The highest BCUT2D eigenvalue weighted by Crippen LogP contribution is 2.37. The van der Waals surface area contributed by atoms with Crippen LogP contribution in [0.15, 0.2) is 46.2 Å². The van der Waals surface area contributed by atoms with Crippen molar-refractivity contribution in [2.24, 2.45) is 11.8 Å². The van der Waals surface area contributed by atoms with Gasteiger partial charge >= 0.3 is 0 Å². The molecule has 1 aromatic rings. The number of aliphatic hydroxyl groups is 1. The third-order valence-electron chi connectivity index (χ3n) is 6.34. The van der Waals surface area contributed by atoms with Crippen molar-refractivity contribution in [2.45, 2.75) is 76.3 Å². The van der Waals surface area contributed by atoms with Crippen molar-refractivity contribution >= 4 is 18.2 Å². The molecule has 4 nitrogen and oxygen atoms in total. The van der Waals surface area contributed by atoms with Crippen molar-refractivity contribution in [3.63, 3.8) is 0 Å². The van der Waals surface area contributed by atoms with Gasteiger partial charge in [0.2, 0.25) is 9.84 Å². The standard InChI is InChI=1S/C21H34O4SSi/c1-6-27(7-2,8-3)25-19-14-15-20(17(5)21(22)16(19)4)26(23,24)18-12-10-9-11-13-18/h9-13,15-17,19,21-22H,6-8,14H2,1-5H3/t16-,17-,19-,21+/m1/s1. The van der Waals surface area contributed by atoms with Gasteiger partial charge in [0.05, 0.1) is 22.0 Å². The average molecular weight is 411 g/mol. The van der Waals surface area contributed by atoms with Gasteiger partial charge in [-0.15, -0.1) is 0 Å². The molecule has 0 fully saturated rings. The predicted octanol–water partition coefficient (Wildman–Crippen LogP) is 4.77. The Morgan fingerprint density at radius 2 is 1.63 bits per heavy atom. The highest BCUT2D eigenvalue weighted by atomic mass is 32.2. The fraction of sp³-hybridized carbons (Fsp3) is 0.619. The van der Waals surface area contributed by atoms with Crippen molar-refractivity contribution in [1.82, 2.24) is 0 Å². The molecule has 1 aliphatic carbocycles. The van der Waals surface area contributed by atoms with Gasteiger partial charge in [0.25, 0.3) is 0 Å². The molecule has 0 unspecified atom stereocenters. The Kier molecular flexibility index (Phi) is 7.47. The molecular weight excluding hydrogens is 376 g/mol. The third kappa shape index (κ3) is 4.55. The molecular formula is C21H34O4SSi. The van der Waals surface area contributed by atoms with Crippen molar-refractivity contribution < 1.29 is 18.0 Å². The molecule has 27 heavy (non-hydrogen) atoms. The zero-order chi connectivity index (χ0) is 20.2. The third-order valence-corrected chi connectivity index (χ3v) is 13.1. The van der Waals surface area contributed by atoms with E-state index in [9.17, 15) is 13.5 Å². The van der Waals surface area contributed by atoms with Gasteiger partial charge in [-0.3, -0.25) is 0 Å². The smallest absolute Gasteiger partial charge is 0.202 e. The van der Waals surface area contributed by atoms with Gasteiger partial charge in [0, 0.05) is 11.8 Å². The number of hydrogen-bond donors (Lipinski definition) is 1. The van der Waals surface area contributed by atoms with Gasteiger partial charge < -0.3 is 9.53 Å². The van der Waals surface area contributed by atoms with Crippen LogP contribution >= 0.6 is 0 Å². The lowest BCUT2D eigenvalue weighted by atomic mass is 9.91. The molecule has 1 aliphatic rings. The van der Waals surface area contributed by atoms with E-state index in [0.717, 1.165) is 18.1 Å². The monoisotopic (exact) mass is 410 g/mol. The fourth-order valence-electron chi connectivity index (χ4n) is 4.04. The van der Waals surface area contributed by atoms with E-state index in [4.69, 9.17) is 4.43 Å². The van der Waals surface area contributed by atoms with Crippen LogP contribution in [0.4, 0.5) is 0 Å². The topological polar surface area (TPSA) is 63.6 Å². The van der Waals surface area contributed by atoms with Crippen LogP contribution in [-0.4, -0.2) is 34.0 Å². The molecule has 6 heteroatoms. The Bertz CT molecular complexity index is 732. The lowest BCUT2D eigenvalue weighted by Gasteiger charge is -2.37. The first-order valence-electron chi connectivity index (χ1n) is 10.1. The first-order chi connectivity index (χ1) is 12.7. The predicted molar refractivity (Wildman–Crippen MR) is 113 cm³/mol. The minimum atomic E-state index is -3.62. The minimum Gasteiger partial charge on any atom is -0.413 e. The fourth-order valence-corrected chi connectivity index (χ4v) is 8.73. The van der Waals surface area contributed by atoms with Crippen LogP contribution in [0.2, 0.25) is 18.1 Å². The molecule has 1 aromatic carbocycles. The number of rotatable bonds is 7. The molecule has 0 radical (unpaired) electrons. The van der Waals surface area contributed by atoms with Gasteiger partial charge in [0.1, 0.15) is 0 Å². The van der Waals surface area contributed by atoms with Crippen LogP contribution in [0.25, 0.3) is 0 Å². The minimum absolute atomic E-state index is 0.115. The Labute approximate surface area is 165 Å². The molecule has 1 N–H and O–H groups in total. The molecule has 2 rings (SSSR count). The summed E-state index contributed by atoms with van der Waals surface area (Å²) in [5.74, 6) is -0.573. The van der Waals surface area contributed by atoms with Gasteiger partial charge in [-0.2, -0.15) is 0 Å². The summed E-state index contributed by atoms with van der Waals surface area (Å²) in [7, 11) is -5.46. The van der Waals surface area contributed by atoms with E-state index in [1.165, 1.54) is 0 Å². The molecule has 0 amide bonds. The molecule has 0 aromatic heterocycles. The molecule has 0 spiro atoms. The van der Waals surface area contributed by atoms with Gasteiger partial charge in [-0.25, -0.2) is 8.42 Å². The van der Waals surface area contributed by atoms with Crippen LogP contribution < -0.4 is 0 Å². The van der Waals surface area contributed by atoms with Gasteiger partial charge in [0.15, 0.2) is 8.32 Å². The second-order valence-corrected chi connectivity index (χ2v) is 14.4. The van der Waals surface area contributed by atoms with Crippen LogP contribution in [0.3, 0.4) is 0 Å². The van der Waals surface area contributed by atoms with Gasteiger partial charge in [-0.05, 0) is 36.7 Å². The Balaban J connectivity index is 2.39. The lowest BCUT2D eigenvalue weighted by Crippen LogP contribution is -2.44. The van der Waals surface area contributed by atoms with Gasteiger partial charge in [-0.1, -0.05) is 58.9 Å². The zero-order valence-electron chi connectivity index (χ0n) is 17.2. The summed E-state index contributed by atoms with van der Waals surface area (Å²) in [4.78, 5) is 0.595. The maximum absolute atomic E-state index is 13.2. The quantitative estimate of drug-likeness (QED) is 0.658. The Morgan fingerprint density at radius 1 is 1.07 bits per heavy atom.